The summed E-state index contributed by atoms with van der Waals surface area (Å²) in [4.78, 5) is 21.5. The maximum Gasteiger partial charge on any atom is 0.230 e. The van der Waals surface area contributed by atoms with E-state index >= 15 is 0 Å². The van der Waals surface area contributed by atoms with E-state index in [1.54, 1.807) is 6.07 Å². The first-order valence-corrected chi connectivity index (χ1v) is 11.2. The lowest BCUT2D eigenvalue weighted by molar-refractivity contribution is -0.115. The van der Waals surface area contributed by atoms with Gasteiger partial charge in [-0.15, -0.1) is 11.3 Å². The van der Waals surface area contributed by atoms with Gasteiger partial charge < -0.3 is 9.88 Å². The van der Waals surface area contributed by atoms with Crippen LogP contribution >= 0.6 is 11.3 Å². The van der Waals surface area contributed by atoms with Crippen LogP contribution in [-0.4, -0.2) is 20.4 Å². The standard InChI is InChI=1S/C24H21FN4OS/c25-18-5-3-4-17(12-18)24-28-20(15-31-24)13-22(30)27-19-9-7-16(8-10-19)23-26-14-21-6-1-2-11-29(21)23/h3-5,7-10,12,14-15H,1-2,6,11,13H2,(H,27,30). The maximum absolute atomic E-state index is 13.4. The molecule has 7 heteroatoms. The van der Waals surface area contributed by atoms with Gasteiger partial charge in [-0.3, -0.25) is 4.79 Å². The van der Waals surface area contributed by atoms with Crippen LogP contribution in [0.1, 0.15) is 24.2 Å². The number of rotatable bonds is 5. The summed E-state index contributed by atoms with van der Waals surface area (Å²) in [6, 6.07) is 14.1. The van der Waals surface area contributed by atoms with Crippen molar-refractivity contribution in [3.8, 4) is 22.0 Å². The zero-order chi connectivity index (χ0) is 21.2. The minimum absolute atomic E-state index is 0.137. The molecule has 1 amide bonds. The summed E-state index contributed by atoms with van der Waals surface area (Å²) < 4.78 is 15.7. The molecule has 0 radical (unpaired) electrons. The average Bonchev–Trinajstić information content (AvgIpc) is 3.41. The Kier molecular flexibility index (Phi) is 5.34. The van der Waals surface area contributed by atoms with Crippen LogP contribution in [0.25, 0.3) is 22.0 Å². The Bertz CT molecular complexity index is 1230. The number of fused-ring (bicyclic) bond motifs is 1. The molecule has 2 aromatic carbocycles. The molecular weight excluding hydrogens is 411 g/mol. The van der Waals surface area contributed by atoms with Gasteiger partial charge in [0.15, 0.2) is 0 Å². The molecule has 0 aliphatic carbocycles. The van der Waals surface area contributed by atoms with Crippen LogP contribution in [0, 0.1) is 5.82 Å². The number of carbonyl (C=O) groups is 1. The van der Waals surface area contributed by atoms with Gasteiger partial charge in [0.1, 0.15) is 16.6 Å². The molecule has 0 unspecified atom stereocenters. The molecule has 1 aliphatic rings. The van der Waals surface area contributed by atoms with E-state index in [9.17, 15) is 9.18 Å². The van der Waals surface area contributed by atoms with E-state index in [0.29, 0.717) is 16.3 Å². The Morgan fingerprint density at radius 2 is 2.00 bits per heavy atom. The smallest absolute Gasteiger partial charge is 0.230 e. The monoisotopic (exact) mass is 432 g/mol. The molecule has 0 atom stereocenters. The van der Waals surface area contributed by atoms with Gasteiger partial charge in [0.2, 0.25) is 5.91 Å². The second-order valence-electron chi connectivity index (χ2n) is 7.64. The SMILES string of the molecule is O=C(Cc1csc(-c2cccc(F)c2)n1)Nc1ccc(-c2ncc3n2CCCC3)cc1. The number of aromatic nitrogens is 3. The molecule has 4 aromatic rings. The van der Waals surface area contributed by atoms with Gasteiger partial charge in [0, 0.05) is 40.6 Å². The van der Waals surface area contributed by atoms with Crippen molar-refractivity contribution in [2.24, 2.45) is 0 Å². The third kappa shape index (κ3) is 4.27. The van der Waals surface area contributed by atoms with Gasteiger partial charge in [0.25, 0.3) is 0 Å². The zero-order valence-corrected chi connectivity index (χ0v) is 17.7. The Hall–Kier alpha value is -3.32. The van der Waals surface area contributed by atoms with Crippen molar-refractivity contribution in [3.05, 3.63) is 77.3 Å². The molecule has 5 nitrogen and oxygen atoms in total. The molecule has 2 aromatic heterocycles. The summed E-state index contributed by atoms with van der Waals surface area (Å²) in [7, 11) is 0. The van der Waals surface area contributed by atoms with Gasteiger partial charge in [-0.1, -0.05) is 12.1 Å². The maximum atomic E-state index is 13.4. The Morgan fingerprint density at radius 1 is 1.13 bits per heavy atom. The van der Waals surface area contributed by atoms with Crippen molar-refractivity contribution in [1.82, 2.24) is 14.5 Å². The molecule has 156 valence electrons. The van der Waals surface area contributed by atoms with Crippen molar-refractivity contribution in [2.75, 3.05) is 5.32 Å². The Labute approximate surface area is 183 Å². The molecule has 1 aliphatic heterocycles. The predicted molar refractivity (Wildman–Crippen MR) is 120 cm³/mol. The van der Waals surface area contributed by atoms with Gasteiger partial charge in [-0.25, -0.2) is 14.4 Å². The molecular formula is C24H21FN4OS. The largest absolute Gasteiger partial charge is 0.328 e. The highest BCUT2D eigenvalue weighted by Gasteiger charge is 2.15. The number of aryl methyl sites for hydroxylation is 1. The topological polar surface area (TPSA) is 59.8 Å². The van der Waals surface area contributed by atoms with E-state index in [2.05, 4.69) is 19.9 Å². The summed E-state index contributed by atoms with van der Waals surface area (Å²) >= 11 is 1.40. The summed E-state index contributed by atoms with van der Waals surface area (Å²) in [6.45, 7) is 1.01. The highest BCUT2D eigenvalue weighted by molar-refractivity contribution is 7.13. The number of benzene rings is 2. The fraction of sp³-hybridized carbons (Fsp3) is 0.208. The van der Waals surface area contributed by atoms with Gasteiger partial charge in [-0.05, 0) is 55.7 Å². The van der Waals surface area contributed by atoms with Gasteiger partial charge >= 0.3 is 0 Å². The normalized spacial score (nSPS) is 13.1. The lowest BCUT2D eigenvalue weighted by Gasteiger charge is -2.16. The number of hydrogen-bond acceptors (Lipinski definition) is 4. The van der Waals surface area contributed by atoms with Crippen LogP contribution in [-0.2, 0) is 24.2 Å². The molecule has 0 fully saturated rings. The van der Waals surface area contributed by atoms with E-state index in [1.807, 2.05) is 41.9 Å². The highest BCUT2D eigenvalue weighted by atomic mass is 32.1. The quantitative estimate of drug-likeness (QED) is 0.464. The summed E-state index contributed by atoms with van der Waals surface area (Å²) in [5.41, 5.74) is 4.46. The molecule has 0 saturated carbocycles. The molecule has 1 N–H and O–H groups in total. The van der Waals surface area contributed by atoms with Crippen LogP contribution in [0.5, 0.6) is 0 Å². The predicted octanol–water partition coefficient (Wildman–Crippen LogP) is 5.33. The van der Waals surface area contributed by atoms with E-state index < -0.39 is 0 Å². The first-order chi connectivity index (χ1) is 15.2. The van der Waals surface area contributed by atoms with Crippen LogP contribution in [0.15, 0.2) is 60.1 Å². The van der Waals surface area contributed by atoms with E-state index in [-0.39, 0.29) is 18.1 Å². The molecule has 0 saturated heterocycles. The highest BCUT2D eigenvalue weighted by Crippen LogP contribution is 2.26. The molecule has 31 heavy (non-hydrogen) atoms. The second kappa shape index (κ2) is 8.43. The fourth-order valence-electron chi connectivity index (χ4n) is 3.88. The van der Waals surface area contributed by atoms with Crippen LogP contribution < -0.4 is 5.32 Å². The third-order valence-corrected chi connectivity index (χ3v) is 6.33. The number of nitrogens with one attached hydrogen (secondary N) is 1. The van der Waals surface area contributed by atoms with E-state index in [0.717, 1.165) is 30.0 Å². The van der Waals surface area contributed by atoms with E-state index in [1.165, 1.54) is 42.0 Å². The minimum atomic E-state index is -0.300. The van der Waals surface area contributed by atoms with Crippen molar-refractivity contribution in [2.45, 2.75) is 32.2 Å². The lowest BCUT2D eigenvalue weighted by atomic mass is 10.1. The van der Waals surface area contributed by atoms with Crippen LogP contribution in [0.2, 0.25) is 0 Å². The van der Waals surface area contributed by atoms with Crippen LogP contribution in [0.3, 0.4) is 0 Å². The van der Waals surface area contributed by atoms with Crippen molar-refractivity contribution < 1.29 is 9.18 Å². The number of imidazole rings is 1. The number of carbonyl (C=O) groups excluding carboxylic acids is 1. The number of amides is 1. The lowest BCUT2D eigenvalue weighted by Crippen LogP contribution is -2.14. The first-order valence-electron chi connectivity index (χ1n) is 10.3. The van der Waals surface area contributed by atoms with Gasteiger partial charge in [0.05, 0.1) is 12.1 Å². The first kappa shape index (κ1) is 19.6. The number of halogens is 1. The van der Waals surface area contributed by atoms with Crippen molar-refractivity contribution in [3.63, 3.8) is 0 Å². The summed E-state index contributed by atoms with van der Waals surface area (Å²) in [5.74, 6) is 0.549. The molecule has 0 spiro atoms. The molecule has 3 heterocycles. The Balaban J connectivity index is 1.24. The van der Waals surface area contributed by atoms with E-state index in [4.69, 9.17) is 0 Å². The third-order valence-electron chi connectivity index (χ3n) is 5.39. The second-order valence-corrected chi connectivity index (χ2v) is 8.50. The number of anilines is 1. The molecule has 5 rings (SSSR count). The summed E-state index contributed by atoms with van der Waals surface area (Å²) in [5, 5.41) is 5.46. The number of thiazole rings is 1. The summed E-state index contributed by atoms with van der Waals surface area (Å²) in [6.07, 6.45) is 5.62. The van der Waals surface area contributed by atoms with Crippen molar-refractivity contribution in [1.29, 1.82) is 0 Å². The van der Waals surface area contributed by atoms with Crippen molar-refractivity contribution >= 4 is 22.9 Å². The van der Waals surface area contributed by atoms with Crippen LogP contribution in [0.4, 0.5) is 10.1 Å². The zero-order valence-electron chi connectivity index (χ0n) is 16.8. The van der Waals surface area contributed by atoms with Gasteiger partial charge in [-0.2, -0.15) is 0 Å². The number of nitrogens with zero attached hydrogens (tertiary/aromatic N) is 3. The molecule has 0 bridgehead atoms. The fourth-order valence-corrected chi connectivity index (χ4v) is 4.70. The minimum Gasteiger partial charge on any atom is -0.328 e. The Morgan fingerprint density at radius 3 is 2.84 bits per heavy atom. The number of hydrogen-bond donors (Lipinski definition) is 1. The average molecular weight is 433 g/mol.